The summed E-state index contributed by atoms with van der Waals surface area (Å²) < 4.78 is 0. The van der Waals surface area contributed by atoms with E-state index in [1.54, 1.807) is 0 Å². The van der Waals surface area contributed by atoms with Crippen molar-refractivity contribution in [3.63, 3.8) is 0 Å². The predicted octanol–water partition coefficient (Wildman–Crippen LogP) is 10.0. The SMILES string of the molecule is CCCCCCCCCCCCCCCCCCCCC(C(=O)O)C1CCC(C)(C)N(C)C1(C)C. The molecule has 2 atom stereocenters. The molecule has 2 unspecified atom stereocenters. The fraction of sp³-hybridized carbons (Fsp3) is 0.969. The first kappa shape index (κ1) is 32.5. The highest BCUT2D eigenvalue weighted by molar-refractivity contribution is 5.70. The zero-order chi connectivity index (χ0) is 26.2. The van der Waals surface area contributed by atoms with Crippen molar-refractivity contribution in [2.45, 2.75) is 181 Å². The number of carboxylic acid groups (broad SMARTS) is 1. The molecular formula is C32H63NO2. The van der Waals surface area contributed by atoms with Gasteiger partial charge in [-0.25, -0.2) is 0 Å². The van der Waals surface area contributed by atoms with Crippen LogP contribution in [0.5, 0.6) is 0 Å². The van der Waals surface area contributed by atoms with Crippen LogP contribution in [0.25, 0.3) is 0 Å². The molecule has 1 aliphatic heterocycles. The second kappa shape index (κ2) is 17.8. The van der Waals surface area contributed by atoms with Crippen LogP contribution in [0.3, 0.4) is 0 Å². The van der Waals surface area contributed by atoms with Crippen molar-refractivity contribution in [2.75, 3.05) is 7.05 Å². The minimum Gasteiger partial charge on any atom is -0.481 e. The second-order valence-corrected chi connectivity index (χ2v) is 12.9. The third-order valence-electron chi connectivity index (χ3n) is 9.42. The zero-order valence-corrected chi connectivity index (χ0v) is 24.8. The Morgan fingerprint density at radius 1 is 0.743 bits per heavy atom. The average molecular weight is 494 g/mol. The largest absolute Gasteiger partial charge is 0.481 e. The molecule has 1 rings (SSSR count). The standard InChI is InChI=1S/C32H63NO2/c1-7-8-9-10-11-12-13-14-15-16-17-18-19-20-21-22-23-24-25-28(30(34)35)29-26-27-31(2,3)33(6)32(29,4)5/h28-29H,7-27H2,1-6H3,(H,34,35). The Balaban J connectivity index is 2.04. The lowest BCUT2D eigenvalue weighted by Gasteiger charge is -2.56. The fourth-order valence-electron chi connectivity index (χ4n) is 6.51. The zero-order valence-electron chi connectivity index (χ0n) is 24.8. The number of likely N-dealkylation sites (tertiary alicyclic amines) is 1. The van der Waals surface area contributed by atoms with Crippen LogP contribution in [0.2, 0.25) is 0 Å². The summed E-state index contributed by atoms with van der Waals surface area (Å²) in [5, 5.41) is 10.00. The first-order chi connectivity index (χ1) is 16.6. The van der Waals surface area contributed by atoms with Crippen molar-refractivity contribution < 1.29 is 9.90 Å². The highest BCUT2D eigenvalue weighted by atomic mass is 16.4. The Labute approximate surface area is 220 Å². The van der Waals surface area contributed by atoms with E-state index < -0.39 is 5.97 Å². The predicted molar refractivity (Wildman–Crippen MR) is 153 cm³/mol. The maximum absolute atomic E-state index is 12.1. The number of nitrogens with zero attached hydrogens (tertiary/aromatic N) is 1. The summed E-state index contributed by atoms with van der Waals surface area (Å²) in [6.45, 7) is 11.4. The number of carboxylic acids is 1. The van der Waals surface area contributed by atoms with Crippen molar-refractivity contribution >= 4 is 5.97 Å². The summed E-state index contributed by atoms with van der Waals surface area (Å²) in [7, 11) is 2.18. The topological polar surface area (TPSA) is 40.5 Å². The number of piperidine rings is 1. The molecule has 0 aromatic carbocycles. The van der Waals surface area contributed by atoms with Crippen LogP contribution in [-0.4, -0.2) is 34.1 Å². The number of unbranched alkanes of at least 4 members (excludes halogenated alkanes) is 17. The molecule has 0 saturated carbocycles. The Kier molecular flexibility index (Phi) is 16.5. The number of aliphatic carboxylic acids is 1. The van der Waals surface area contributed by atoms with E-state index in [1.807, 2.05) is 0 Å². The summed E-state index contributed by atoms with van der Waals surface area (Å²) in [5.74, 6) is -0.545. The molecule has 208 valence electrons. The smallest absolute Gasteiger partial charge is 0.306 e. The van der Waals surface area contributed by atoms with Gasteiger partial charge in [0.05, 0.1) is 5.92 Å². The van der Waals surface area contributed by atoms with Gasteiger partial charge in [0.25, 0.3) is 0 Å². The van der Waals surface area contributed by atoms with Gasteiger partial charge in [-0.2, -0.15) is 0 Å². The van der Waals surface area contributed by atoms with E-state index in [4.69, 9.17) is 0 Å². The molecule has 1 N–H and O–H groups in total. The number of rotatable bonds is 21. The van der Waals surface area contributed by atoms with Gasteiger partial charge >= 0.3 is 5.97 Å². The molecule has 0 bridgehead atoms. The third kappa shape index (κ3) is 12.5. The molecule has 1 saturated heterocycles. The van der Waals surface area contributed by atoms with Crippen LogP contribution < -0.4 is 0 Å². The molecule has 0 spiro atoms. The molecule has 3 heteroatoms. The second-order valence-electron chi connectivity index (χ2n) is 12.9. The summed E-state index contributed by atoms with van der Waals surface area (Å²) in [5.41, 5.74) is 0.0790. The van der Waals surface area contributed by atoms with Gasteiger partial charge in [-0.3, -0.25) is 9.69 Å². The van der Waals surface area contributed by atoms with E-state index >= 15 is 0 Å². The minimum atomic E-state index is -0.580. The maximum atomic E-state index is 12.1. The number of carbonyl (C=O) groups is 1. The van der Waals surface area contributed by atoms with Gasteiger partial charge < -0.3 is 5.11 Å². The Morgan fingerprint density at radius 2 is 1.11 bits per heavy atom. The van der Waals surface area contributed by atoms with Crippen LogP contribution in [0.15, 0.2) is 0 Å². The fourth-order valence-corrected chi connectivity index (χ4v) is 6.51. The Morgan fingerprint density at radius 3 is 1.49 bits per heavy atom. The summed E-state index contributed by atoms with van der Waals surface area (Å²) in [6, 6.07) is 0. The lowest BCUT2D eigenvalue weighted by atomic mass is 9.66. The number of hydrogen-bond donors (Lipinski definition) is 1. The van der Waals surface area contributed by atoms with E-state index in [9.17, 15) is 9.90 Å². The van der Waals surface area contributed by atoms with Gasteiger partial charge in [0.2, 0.25) is 0 Å². The van der Waals surface area contributed by atoms with E-state index in [1.165, 1.54) is 109 Å². The molecule has 1 aliphatic rings. The monoisotopic (exact) mass is 493 g/mol. The maximum Gasteiger partial charge on any atom is 0.306 e. The minimum absolute atomic E-state index is 0.0704. The molecule has 0 aliphatic carbocycles. The van der Waals surface area contributed by atoms with E-state index in [-0.39, 0.29) is 22.9 Å². The molecule has 1 fully saturated rings. The van der Waals surface area contributed by atoms with Crippen LogP contribution in [0, 0.1) is 11.8 Å². The van der Waals surface area contributed by atoms with Gasteiger partial charge in [-0.05, 0) is 59.9 Å². The van der Waals surface area contributed by atoms with Crippen LogP contribution >= 0.6 is 0 Å². The van der Waals surface area contributed by atoms with Crippen molar-refractivity contribution in [1.82, 2.24) is 4.90 Å². The number of hydrogen-bond acceptors (Lipinski definition) is 2. The molecule has 0 aromatic heterocycles. The normalized spacial score (nSPS) is 20.7. The molecule has 3 nitrogen and oxygen atoms in total. The van der Waals surface area contributed by atoms with Gasteiger partial charge in [0.15, 0.2) is 0 Å². The molecule has 0 radical (unpaired) electrons. The Bertz CT molecular complexity index is 542. The van der Waals surface area contributed by atoms with Gasteiger partial charge in [0, 0.05) is 11.1 Å². The molecule has 1 heterocycles. The average Bonchev–Trinajstić information content (AvgIpc) is 2.80. The highest BCUT2D eigenvalue weighted by Gasteiger charge is 2.49. The molecular weight excluding hydrogens is 430 g/mol. The van der Waals surface area contributed by atoms with E-state index in [2.05, 4.69) is 46.6 Å². The molecule has 0 amide bonds. The van der Waals surface area contributed by atoms with Crippen molar-refractivity contribution in [2.24, 2.45) is 11.8 Å². The van der Waals surface area contributed by atoms with Crippen molar-refractivity contribution in [3.8, 4) is 0 Å². The Hall–Kier alpha value is -0.570. The summed E-state index contributed by atoms with van der Waals surface area (Å²) in [4.78, 5) is 14.6. The first-order valence-electron chi connectivity index (χ1n) is 15.6. The van der Waals surface area contributed by atoms with Crippen LogP contribution in [0.1, 0.15) is 169 Å². The van der Waals surface area contributed by atoms with Crippen LogP contribution in [0.4, 0.5) is 0 Å². The van der Waals surface area contributed by atoms with Crippen molar-refractivity contribution in [3.05, 3.63) is 0 Å². The van der Waals surface area contributed by atoms with Gasteiger partial charge in [-0.1, -0.05) is 122 Å². The first-order valence-corrected chi connectivity index (χ1v) is 15.6. The highest BCUT2D eigenvalue weighted by Crippen LogP contribution is 2.45. The lowest BCUT2D eigenvalue weighted by molar-refractivity contribution is -0.150. The molecule has 35 heavy (non-hydrogen) atoms. The quantitative estimate of drug-likeness (QED) is 0.162. The molecule has 0 aromatic rings. The van der Waals surface area contributed by atoms with Gasteiger partial charge in [-0.15, -0.1) is 0 Å². The summed E-state index contributed by atoms with van der Waals surface area (Å²) >= 11 is 0. The van der Waals surface area contributed by atoms with E-state index in [0.717, 1.165) is 25.7 Å². The van der Waals surface area contributed by atoms with Gasteiger partial charge in [0.1, 0.15) is 0 Å². The summed E-state index contributed by atoms with van der Waals surface area (Å²) in [6.07, 6.45) is 27.7. The lowest BCUT2D eigenvalue weighted by Crippen LogP contribution is -2.62. The van der Waals surface area contributed by atoms with Crippen molar-refractivity contribution in [1.29, 1.82) is 0 Å². The van der Waals surface area contributed by atoms with Crippen LogP contribution in [-0.2, 0) is 4.79 Å². The third-order valence-corrected chi connectivity index (χ3v) is 9.42. The van der Waals surface area contributed by atoms with E-state index in [0.29, 0.717) is 0 Å².